The third kappa shape index (κ3) is 3.70. The first-order chi connectivity index (χ1) is 9.39. The van der Waals surface area contributed by atoms with Crippen molar-refractivity contribution in [2.24, 2.45) is 5.92 Å². The van der Waals surface area contributed by atoms with Crippen LogP contribution in [0.2, 0.25) is 0 Å². The Morgan fingerprint density at radius 2 is 2.15 bits per heavy atom. The van der Waals surface area contributed by atoms with Crippen molar-refractivity contribution in [2.75, 3.05) is 11.9 Å². The van der Waals surface area contributed by atoms with Gasteiger partial charge in [-0.3, -0.25) is 10.1 Å². The number of rotatable bonds is 4. The largest absolute Gasteiger partial charge is 0.388 e. The summed E-state index contributed by atoms with van der Waals surface area (Å²) in [6.45, 7) is 2.68. The lowest BCUT2D eigenvalue weighted by Crippen LogP contribution is -2.40. The zero-order valence-corrected chi connectivity index (χ0v) is 13.0. The van der Waals surface area contributed by atoms with E-state index in [4.69, 9.17) is 0 Å². The summed E-state index contributed by atoms with van der Waals surface area (Å²) < 4.78 is 0.638. The molecule has 1 saturated carbocycles. The number of nitro groups is 1. The van der Waals surface area contributed by atoms with E-state index < -0.39 is 10.5 Å². The standard InChI is InChI=1S/C14H19BrN2O3/c1-10-4-6-14(18,7-5-10)9-16-13-3-2-11(17(19)20)8-12(13)15/h2-3,8,10,16,18H,4-7,9H2,1H3. The van der Waals surface area contributed by atoms with Gasteiger partial charge in [0.2, 0.25) is 0 Å². The van der Waals surface area contributed by atoms with E-state index in [1.165, 1.54) is 12.1 Å². The number of nitrogens with zero attached hydrogens (tertiary/aromatic N) is 1. The van der Waals surface area contributed by atoms with Gasteiger partial charge in [0.1, 0.15) is 0 Å². The summed E-state index contributed by atoms with van der Waals surface area (Å²) in [4.78, 5) is 10.2. The zero-order chi connectivity index (χ0) is 14.8. The average Bonchev–Trinajstić information content (AvgIpc) is 2.41. The van der Waals surface area contributed by atoms with Crippen molar-refractivity contribution in [2.45, 2.75) is 38.2 Å². The van der Waals surface area contributed by atoms with Gasteiger partial charge in [0, 0.05) is 28.8 Å². The fourth-order valence-electron chi connectivity index (χ4n) is 2.50. The molecule has 110 valence electrons. The normalized spacial score (nSPS) is 26.2. The molecule has 0 atom stereocenters. The SMILES string of the molecule is CC1CCC(O)(CNc2ccc([N+](=O)[O-])cc2Br)CC1. The topological polar surface area (TPSA) is 75.4 Å². The van der Waals surface area contributed by atoms with Crippen LogP contribution in [0, 0.1) is 16.0 Å². The van der Waals surface area contributed by atoms with E-state index in [0.717, 1.165) is 31.4 Å². The van der Waals surface area contributed by atoms with Gasteiger partial charge in [-0.15, -0.1) is 0 Å². The minimum absolute atomic E-state index is 0.0487. The molecule has 0 bridgehead atoms. The summed E-state index contributed by atoms with van der Waals surface area (Å²) in [5.41, 5.74) is 0.142. The molecule has 1 fully saturated rings. The average molecular weight is 343 g/mol. The van der Waals surface area contributed by atoms with Gasteiger partial charge >= 0.3 is 0 Å². The minimum Gasteiger partial charge on any atom is -0.388 e. The maximum Gasteiger partial charge on any atom is 0.270 e. The van der Waals surface area contributed by atoms with Crippen molar-refractivity contribution >= 4 is 27.3 Å². The van der Waals surface area contributed by atoms with Gasteiger partial charge in [-0.05, 0) is 53.6 Å². The van der Waals surface area contributed by atoms with E-state index in [1.807, 2.05) is 0 Å². The highest BCUT2D eigenvalue weighted by molar-refractivity contribution is 9.10. The van der Waals surface area contributed by atoms with E-state index in [1.54, 1.807) is 6.07 Å². The van der Waals surface area contributed by atoms with Crippen LogP contribution in [0.15, 0.2) is 22.7 Å². The molecule has 1 aromatic carbocycles. The fraction of sp³-hybridized carbons (Fsp3) is 0.571. The molecule has 0 radical (unpaired) electrons. The molecule has 0 amide bonds. The first-order valence-corrected chi connectivity index (χ1v) is 7.59. The molecule has 1 aliphatic carbocycles. The maximum atomic E-state index is 10.7. The molecule has 0 unspecified atom stereocenters. The first kappa shape index (κ1) is 15.3. The first-order valence-electron chi connectivity index (χ1n) is 6.80. The molecule has 0 spiro atoms. The van der Waals surface area contributed by atoms with Gasteiger partial charge in [0.05, 0.1) is 10.5 Å². The summed E-state index contributed by atoms with van der Waals surface area (Å²) in [5, 5.41) is 24.4. The maximum absolute atomic E-state index is 10.7. The van der Waals surface area contributed by atoms with Crippen molar-refractivity contribution in [3.63, 3.8) is 0 Å². The van der Waals surface area contributed by atoms with Crippen molar-refractivity contribution in [1.82, 2.24) is 0 Å². The van der Waals surface area contributed by atoms with Gasteiger partial charge in [0.25, 0.3) is 5.69 Å². The quantitative estimate of drug-likeness (QED) is 0.645. The summed E-state index contributed by atoms with van der Waals surface area (Å²) >= 11 is 3.32. The third-order valence-electron chi connectivity index (χ3n) is 3.98. The summed E-state index contributed by atoms with van der Waals surface area (Å²) in [6, 6.07) is 4.59. The second-order valence-electron chi connectivity index (χ2n) is 5.68. The molecule has 0 heterocycles. The molecule has 2 rings (SSSR count). The molecule has 6 heteroatoms. The lowest BCUT2D eigenvalue weighted by atomic mass is 9.79. The Morgan fingerprint density at radius 3 is 2.70 bits per heavy atom. The van der Waals surface area contributed by atoms with E-state index in [0.29, 0.717) is 16.9 Å². The fourth-order valence-corrected chi connectivity index (χ4v) is 3.00. The number of aliphatic hydroxyl groups is 1. The highest BCUT2D eigenvalue weighted by atomic mass is 79.9. The van der Waals surface area contributed by atoms with Gasteiger partial charge in [0.15, 0.2) is 0 Å². The summed E-state index contributed by atoms with van der Waals surface area (Å²) in [6.07, 6.45) is 3.68. The smallest absolute Gasteiger partial charge is 0.270 e. The minimum atomic E-state index is -0.673. The van der Waals surface area contributed by atoms with Gasteiger partial charge < -0.3 is 10.4 Å². The molecule has 0 saturated heterocycles. The number of hydrogen-bond donors (Lipinski definition) is 2. The molecule has 20 heavy (non-hydrogen) atoms. The lowest BCUT2D eigenvalue weighted by Gasteiger charge is -2.35. The molecule has 0 aliphatic heterocycles. The van der Waals surface area contributed by atoms with Crippen molar-refractivity contribution in [3.8, 4) is 0 Å². The number of hydrogen-bond acceptors (Lipinski definition) is 4. The van der Waals surface area contributed by atoms with Crippen LogP contribution in [0.1, 0.15) is 32.6 Å². The predicted octanol–water partition coefficient (Wildman–Crippen LogP) is 3.71. The Hall–Kier alpha value is -1.14. The number of halogens is 1. The lowest BCUT2D eigenvalue weighted by molar-refractivity contribution is -0.384. The number of anilines is 1. The summed E-state index contributed by atoms with van der Waals surface area (Å²) in [5.74, 6) is 0.682. The van der Waals surface area contributed by atoms with Crippen molar-refractivity contribution in [3.05, 3.63) is 32.8 Å². The van der Waals surface area contributed by atoms with Crippen LogP contribution >= 0.6 is 15.9 Å². The third-order valence-corrected chi connectivity index (χ3v) is 4.63. The molecule has 5 nitrogen and oxygen atoms in total. The van der Waals surface area contributed by atoms with E-state index >= 15 is 0 Å². The van der Waals surface area contributed by atoms with Gasteiger partial charge in [-0.2, -0.15) is 0 Å². The molecule has 0 aromatic heterocycles. The van der Waals surface area contributed by atoms with Gasteiger partial charge in [-0.25, -0.2) is 0 Å². The molecular formula is C14H19BrN2O3. The van der Waals surface area contributed by atoms with Crippen LogP contribution in [0.25, 0.3) is 0 Å². The van der Waals surface area contributed by atoms with Crippen molar-refractivity contribution < 1.29 is 10.0 Å². The number of nitrogens with one attached hydrogen (secondary N) is 1. The Bertz CT molecular complexity index is 499. The molecular weight excluding hydrogens is 324 g/mol. The number of non-ortho nitro benzene ring substituents is 1. The second kappa shape index (κ2) is 6.10. The Labute approximate surface area is 126 Å². The van der Waals surface area contributed by atoms with Gasteiger partial charge in [-0.1, -0.05) is 6.92 Å². The monoisotopic (exact) mass is 342 g/mol. The number of nitro benzene ring substituents is 1. The van der Waals surface area contributed by atoms with E-state index in [9.17, 15) is 15.2 Å². The van der Waals surface area contributed by atoms with Crippen LogP contribution in [0.4, 0.5) is 11.4 Å². The number of benzene rings is 1. The van der Waals surface area contributed by atoms with Crippen LogP contribution in [0.5, 0.6) is 0 Å². The highest BCUT2D eigenvalue weighted by Gasteiger charge is 2.31. The predicted molar refractivity (Wildman–Crippen MR) is 81.9 cm³/mol. The molecule has 1 aliphatic rings. The molecule has 2 N–H and O–H groups in total. The Morgan fingerprint density at radius 1 is 1.50 bits per heavy atom. The second-order valence-corrected chi connectivity index (χ2v) is 6.54. The van der Waals surface area contributed by atoms with Crippen LogP contribution in [-0.4, -0.2) is 22.2 Å². The van der Waals surface area contributed by atoms with E-state index in [2.05, 4.69) is 28.2 Å². The zero-order valence-electron chi connectivity index (χ0n) is 11.4. The van der Waals surface area contributed by atoms with Crippen LogP contribution in [0.3, 0.4) is 0 Å². The molecule has 1 aromatic rings. The van der Waals surface area contributed by atoms with Crippen LogP contribution in [-0.2, 0) is 0 Å². The van der Waals surface area contributed by atoms with Crippen LogP contribution < -0.4 is 5.32 Å². The van der Waals surface area contributed by atoms with E-state index in [-0.39, 0.29) is 5.69 Å². The Kier molecular flexibility index (Phi) is 4.65. The Balaban J connectivity index is 1.99. The summed E-state index contributed by atoms with van der Waals surface area (Å²) in [7, 11) is 0. The van der Waals surface area contributed by atoms with Crippen molar-refractivity contribution in [1.29, 1.82) is 0 Å². The highest BCUT2D eigenvalue weighted by Crippen LogP contribution is 2.33.